The highest BCUT2D eigenvalue weighted by Gasteiger charge is 2.43. The molecule has 1 saturated carbocycles. The topological polar surface area (TPSA) is 108 Å². The Kier molecular flexibility index (Phi) is 4.66. The number of halogens is 4. The molecule has 0 radical (unpaired) electrons. The van der Waals surface area contributed by atoms with Gasteiger partial charge in [-0.2, -0.15) is 23.4 Å². The van der Waals surface area contributed by atoms with Gasteiger partial charge in [-0.15, -0.1) is 0 Å². The van der Waals surface area contributed by atoms with Crippen molar-refractivity contribution in [3.05, 3.63) is 28.3 Å². The van der Waals surface area contributed by atoms with Crippen molar-refractivity contribution >= 4 is 29.1 Å². The normalized spacial score (nSPS) is 15.6. The lowest BCUT2D eigenvalue weighted by molar-refractivity contribution is -0.141. The van der Waals surface area contributed by atoms with E-state index in [0.29, 0.717) is 12.8 Å². The van der Waals surface area contributed by atoms with Crippen molar-refractivity contribution in [2.45, 2.75) is 37.9 Å². The minimum Gasteiger partial charge on any atom is -0.364 e. The second-order valence-corrected chi connectivity index (χ2v) is 6.70. The number of nitrogens with one attached hydrogen (secondary N) is 1. The van der Waals surface area contributed by atoms with Crippen molar-refractivity contribution in [2.24, 2.45) is 12.8 Å². The van der Waals surface area contributed by atoms with Gasteiger partial charge in [-0.3, -0.25) is 19.0 Å². The Balaban J connectivity index is 1.93. The van der Waals surface area contributed by atoms with Crippen LogP contribution in [0, 0.1) is 0 Å². The second kappa shape index (κ2) is 6.55. The predicted molar refractivity (Wildman–Crippen MR) is 89.3 cm³/mol. The summed E-state index contributed by atoms with van der Waals surface area (Å²) in [5, 5.41) is 9.37. The van der Waals surface area contributed by atoms with Gasteiger partial charge < -0.3 is 11.1 Å². The first-order valence-electron chi connectivity index (χ1n) is 8.00. The molecule has 27 heavy (non-hydrogen) atoms. The number of hydrogen-bond donors (Lipinski definition) is 2. The Labute approximate surface area is 156 Å². The van der Waals surface area contributed by atoms with Crippen molar-refractivity contribution in [3.63, 3.8) is 0 Å². The lowest BCUT2D eigenvalue weighted by Gasteiger charge is -2.15. The number of alkyl halides is 3. The van der Waals surface area contributed by atoms with Gasteiger partial charge in [0.1, 0.15) is 11.7 Å². The second-order valence-electron chi connectivity index (χ2n) is 6.32. The summed E-state index contributed by atoms with van der Waals surface area (Å²) in [6.45, 7) is 1.39. The van der Waals surface area contributed by atoms with Gasteiger partial charge in [0.25, 0.3) is 5.91 Å². The average Bonchev–Trinajstić information content (AvgIpc) is 3.23. The molecule has 1 fully saturated rings. The summed E-state index contributed by atoms with van der Waals surface area (Å²) < 4.78 is 41.7. The zero-order valence-corrected chi connectivity index (χ0v) is 15.1. The number of primary amides is 1. The third kappa shape index (κ3) is 3.51. The third-order valence-corrected chi connectivity index (χ3v) is 4.67. The smallest absolute Gasteiger partial charge is 0.364 e. The molecule has 2 amide bonds. The number of amides is 2. The maximum Gasteiger partial charge on any atom is 0.436 e. The van der Waals surface area contributed by atoms with Crippen molar-refractivity contribution in [3.8, 4) is 0 Å². The molecular formula is C15H16ClF3N6O2. The number of rotatable bonds is 5. The van der Waals surface area contributed by atoms with E-state index < -0.39 is 34.7 Å². The van der Waals surface area contributed by atoms with Crippen LogP contribution >= 0.6 is 11.6 Å². The fraction of sp³-hybridized carbons (Fsp3) is 0.467. The Hall–Kier alpha value is -2.56. The quantitative estimate of drug-likeness (QED) is 0.797. The van der Waals surface area contributed by atoms with Crippen LogP contribution in [-0.2, 0) is 18.0 Å². The molecular weight excluding hydrogens is 389 g/mol. The van der Waals surface area contributed by atoms with Crippen LogP contribution in [0.25, 0.3) is 0 Å². The molecule has 2 heterocycles. The SMILES string of the molecule is C[C@H](C(=O)Nc1cnn(C)c1C(N)=O)n1nc(C(F)(F)F)c(Cl)c1C1CC1. The fourth-order valence-electron chi connectivity index (χ4n) is 2.80. The average molecular weight is 405 g/mol. The standard InChI is InChI=1S/C15H16ClF3N6O2/c1-6(14(27)22-8-5-21-24(2)11(8)13(20)26)25-10(7-3-4-7)9(16)12(23-25)15(17,18)19/h5-7H,3-4H2,1-2H3,(H2,20,26)(H,22,27)/t6-/m1/s1. The number of hydrogen-bond acceptors (Lipinski definition) is 4. The van der Waals surface area contributed by atoms with Gasteiger partial charge in [0.15, 0.2) is 5.69 Å². The van der Waals surface area contributed by atoms with E-state index in [1.54, 1.807) is 0 Å². The van der Waals surface area contributed by atoms with E-state index in [9.17, 15) is 22.8 Å². The molecule has 1 aliphatic carbocycles. The number of carbonyl (C=O) groups is 2. The van der Waals surface area contributed by atoms with Crippen LogP contribution in [0.3, 0.4) is 0 Å². The Morgan fingerprint density at radius 2 is 2.04 bits per heavy atom. The maximum atomic E-state index is 13.2. The van der Waals surface area contributed by atoms with Crippen molar-refractivity contribution < 1.29 is 22.8 Å². The molecule has 0 spiro atoms. The van der Waals surface area contributed by atoms with E-state index in [4.69, 9.17) is 17.3 Å². The van der Waals surface area contributed by atoms with Crippen LogP contribution in [0.4, 0.5) is 18.9 Å². The molecule has 2 aromatic rings. The summed E-state index contributed by atoms with van der Waals surface area (Å²) in [5.41, 5.74) is 4.25. The molecule has 2 aromatic heterocycles. The summed E-state index contributed by atoms with van der Waals surface area (Å²) in [4.78, 5) is 24.1. The van der Waals surface area contributed by atoms with Crippen molar-refractivity contribution in [2.75, 3.05) is 5.32 Å². The summed E-state index contributed by atoms with van der Waals surface area (Å²) in [5.74, 6) is -1.66. The number of carbonyl (C=O) groups excluding carboxylic acids is 2. The summed E-state index contributed by atoms with van der Waals surface area (Å²) in [6.07, 6.45) is -2.16. The number of nitrogens with two attached hydrogens (primary N) is 1. The van der Waals surface area contributed by atoms with E-state index >= 15 is 0 Å². The van der Waals surface area contributed by atoms with Gasteiger partial charge in [-0.25, -0.2) is 0 Å². The molecule has 3 rings (SSSR count). The van der Waals surface area contributed by atoms with Crippen LogP contribution < -0.4 is 11.1 Å². The van der Waals surface area contributed by atoms with Crippen LogP contribution in [0.15, 0.2) is 6.20 Å². The van der Waals surface area contributed by atoms with Gasteiger partial charge in [0.05, 0.1) is 22.6 Å². The van der Waals surface area contributed by atoms with Crippen LogP contribution in [0.1, 0.15) is 53.6 Å². The lowest BCUT2D eigenvalue weighted by Crippen LogP contribution is -2.27. The largest absolute Gasteiger partial charge is 0.436 e. The first-order chi connectivity index (χ1) is 12.5. The number of aryl methyl sites for hydroxylation is 1. The maximum absolute atomic E-state index is 13.2. The first-order valence-corrected chi connectivity index (χ1v) is 8.38. The monoisotopic (exact) mass is 404 g/mol. The highest BCUT2D eigenvalue weighted by Crippen LogP contribution is 2.47. The Morgan fingerprint density at radius 3 is 2.56 bits per heavy atom. The molecule has 12 heteroatoms. The minimum absolute atomic E-state index is 0.0348. The fourth-order valence-corrected chi connectivity index (χ4v) is 3.18. The summed E-state index contributed by atoms with van der Waals surface area (Å²) in [6, 6.07) is -1.10. The Morgan fingerprint density at radius 1 is 1.41 bits per heavy atom. The van der Waals surface area contributed by atoms with Crippen molar-refractivity contribution in [1.29, 1.82) is 0 Å². The van der Waals surface area contributed by atoms with Gasteiger partial charge >= 0.3 is 6.18 Å². The molecule has 0 aliphatic heterocycles. The van der Waals surface area contributed by atoms with E-state index in [2.05, 4.69) is 15.5 Å². The van der Waals surface area contributed by atoms with Crippen LogP contribution in [0.2, 0.25) is 5.02 Å². The van der Waals surface area contributed by atoms with Gasteiger partial charge in [-0.05, 0) is 19.8 Å². The minimum atomic E-state index is -4.73. The van der Waals surface area contributed by atoms with E-state index in [0.717, 1.165) is 4.68 Å². The van der Waals surface area contributed by atoms with Gasteiger partial charge in [0.2, 0.25) is 5.91 Å². The first kappa shape index (κ1) is 19.2. The molecule has 0 unspecified atom stereocenters. The molecule has 1 atom stereocenters. The lowest BCUT2D eigenvalue weighted by atomic mass is 10.2. The zero-order chi connectivity index (χ0) is 20.1. The number of aromatic nitrogens is 4. The zero-order valence-electron chi connectivity index (χ0n) is 14.3. The summed E-state index contributed by atoms with van der Waals surface area (Å²) >= 11 is 5.92. The van der Waals surface area contributed by atoms with E-state index in [1.165, 1.54) is 24.9 Å². The third-order valence-electron chi connectivity index (χ3n) is 4.30. The number of anilines is 1. The van der Waals surface area contributed by atoms with E-state index in [1.807, 2.05) is 0 Å². The molecule has 146 valence electrons. The van der Waals surface area contributed by atoms with Crippen LogP contribution in [-0.4, -0.2) is 31.4 Å². The van der Waals surface area contributed by atoms with Crippen molar-refractivity contribution in [1.82, 2.24) is 19.6 Å². The van der Waals surface area contributed by atoms with Crippen LogP contribution in [0.5, 0.6) is 0 Å². The summed E-state index contributed by atoms with van der Waals surface area (Å²) in [7, 11) is 1.47. The number of nitrogens with zero attached hydrogens (tertiary/aromatic N) is 4. The highest BCUT2D eigenvalue weighted by molar-refractivity contribution is 6.32. The molecule has 3 N–H and O–H groups in total. The highest BCUT2D eigenvalue weighted by atomic mass is 35.5. The molecule has 1 aliphatic rings. The molecule has 0 bridgehead atoms. The molecule has 0 saturated heterocycles. The van der Waals surface area contributed by atoms with Gasteiger partial charge in [0, 0.05) is 13.0 Å². The molecule has 8 nitrogen and oxygen atoms in total. The Bertz CT molecular complexity index is 916. The van der Waals surface area contributed by atoms with Gasteiger partial charge in [-0.1, -0.05) is 11.6 Å². The van der Waals surface area contributed by atoms with E-state index in [-0.39, 0.29) is 23.0 Å². The molecule has 0 aromatic carbocycles. The predicted octanol–water partition coefficient (Wildman–Crippen LogP) is 2.46.